The quantitative estimate of drug-likeness (QED) is 0.484. The molecular weight excluding hydrogens is 166 g/mol. The van der Waals surface area contributed by atoms with Crippen LogP contribution in [0.2, 0.25) is 0 Å². The summed E-state index contributed by atoms with van der Waals surface area (Å²) < 4.78 is 5.22. The van der Waals surface area contributed by atoms with Gasteiger partial charge in [-0.3, -0.25) is 4.79 Å². The highest BCUT2D eigenvalue weighted by molar-refractivity contribution is 5.87. The maximum Gasteiger partial charge on any atom is 0.245 e. The Balaban J connectivity index is 2.14. The zero-order valence-corrected chi connectivity index (χ0v) is 8.54. The van der Waals surface area contributed by atoms with E-state index < -0.39 is 0 Å². The second kappa shape index (κ2) is 3.92. The molecule has 0 radical (unpaired) electrons. The molecule has 0 aliphatic carbocycles. The summed E-state index contributed by atoms with van der Waals surface area (Å²) in [6.45, 7) is 2.96. The van der Waals surface area contributed by atoms with Gasteiger partial charge in [-0.25, -0.2) is 0 Å². The summed E-state index contributed by atoms with van der Waals surface area (Å²) in [6.07, 6.45) is 5.45. The first-order valence-corrected chi connectivity index (χ1v) is 4.55. The van der Waals surface area contributed by atoms with Crippen molar-refractivity contribution in [3.05, 3.63) is 12.2 Å². The predicted molar refractivity (Wildman–Crippen MR) is 51.4 cm³/mol. The minimum atomic E-state index is 0.0434. The average Bonchev–Trinajstić information content (AvgIpc) is 2.78. The number of hydrogen-bond acceptors (Lipinski definition) is 2. The molecule has 0 bridgehead atoms. The SMILES string of the molecule is CN(C)C(=O)/C=C/CCC1(C)CO1. The molecule has 1 saturated heterocycles. The zero-order chi connectivity index (χ0) is 9.90. The van der Waals surface area contributed by atoms with Crippen LogP contribution < -0.4 is 0 Å². The van der Waals surface area contributed by atoms with E-state index in [2.05, 4.69) is 6.92 Å². The van der Waals surface area contributed by atoms with Crippen molar-refractivity contribution in [2.75, 3.05) is 20.7 Å². The highest BCUT2D eigenvalue weighted by Crippen LogP contribution is 2.30. The maximum atomic E-state index is 11.1. The minimum absolute atomic E-state index is 0.0434. The van der Waals surface area contributed by atoms with Gasteiger partial charge in [-0.2, -0.15) is 0 Å². The Morgan fingerprint density at radius 3 is 2.69 bits per heavy atom. The third kappa shape index (κ3) is 3.59. The standard InChI is InChI=1S/C10H17NO2/c1-10(8-13-10)7-5-4-6-9(12)11(2)3/h4,6H,5,7-8H2,1-3H3/b6-4+. The Morgan fingerprint density at radius 1 is 1.62 bits per heavy atom. The number of carbonyl (C=O) groups is 1. The van der Waals surface area contributed by atoms with Gasteiger partial charge >= 0.3 is 0 Å². The van der Waals surface area contributed by atoms with E-state index in [-0.39, 0.29) is 11.5 Å². The van der Waals surface area contributed by atoms with Crippen LogP contribution >= 0.6 is 0 Å². The van der Waals surface area contributed by atoms with Gasteiger partial charge < -0.3 is 9.64 Å². The number of hydrogen-bond donors (Lipinski definition) is 0. The molecule has 0 spiro atoms. The topological polar surface area (TPSA) is 32.8 Å². The van der Waals surface area contributed by atoms with Gasteiger partial charge in [0.05, 0.1) is 12.2 Å². The number of ether oxygens (including phenoxy) is 1. The van der Waals surface area contributed by atoms with E-state index in [1.807, 2.05) is 6.08 Å². The molecule has 1 rings (SSSR count). The van der Waals surface area contributed by atoms with Crippen LogP contribution in [0.3, 0.4) is 0 Å². The number of likely N-dealkylation sites (N-methyl/N-ethyl adjacent to an activating group) is 1. The first-order chi connectivity index (χ1) is 6.03. The number of rotatable bonds is 4. The molecule has 1 atom stereocenters. The Hall–Kier alpha value is -0.830. The van der Waals surface area contributed by atoms with E-state index in [9.17, 15) is 4.79 Å². The Kier molecular flexibility index (Phi) is 3.09. The first-order valence-electron chi connectivity index (χ1n) is 4.55. The number of allylic oxidation sites excluding steroid dienone is 1. The van der Waals surface area contributed by atoms with Gasteiger partial charge in [0.15, 0.2) is 0 Å². The molecule has 0 aromatic heterocycles. The molecule has 0 aromatic carbocycles. The molecule has 0 aromatic rings. The molecule has 1 unspecified atom stereocenters. The molecule has 1 aliphatic heterocycles. The van der Waals surface area contributed by atoms with Crippen LogP contribution in [-0.4, -0.2) is 37.1 Å². The van der Waals surface area contributed by atoms with Crippen molar-refractivity contribution in [3.63, 3.8) is 0 Å². The van der Waals surface area contributed by atoms with E-state index in [0.29, 0.717) is 0 Å². The lowest BCUT2D eigenvalue weighted by Gasteiger charge is -2.05. The van der Waals surface area contributed by atoms with Gasteiger partial charge in [0, 0.05) is 14.1 Å². The fraction of sp³-hybridized carbons (Fsp3) is 0.700. The number of nitrogens with zero attached hydrogens (tertiary/aromatic N) is 1. The smallest absolute Gasteiger partial charge is 0.245 e. The van der Waals surface area contributed by atoms with Crippen LogP contribution in [0.1, 0.15) is 19.8 Å². The third-order valence-electron chi connectivity index (χ3n) is 2.18. The lowest BCUT2D eigenvalue weighted by Crippen LogP contribution is -2.18. The van der Waals surface area contributed by atoms with Crippen LogP contribution in [-0.2, 0) is 9.53 Å². The predicted octanol–water partition coefficient (Wildman–Crippen LogP) is 1.20. The molecule has 1 amide bonds. The van der Waals surface area contributed by atoms with Crippen molar-refractivity contribution in [1.82, 2.24) is 4.90 Å². The second-order valence-electron chi connectivity index (χ2n) is 3.91. The normalized spacial score (nSPS) is 26.4. The van der Waals surface area contributed by atoms with Crippen molar-refractivity contribution >= 4 is 5.91 Å². The molecule has 74 valence electrons. The molecule has 13 heavy (non-hydrogen) atoms. The highest BCUT2D eigenvalue weighted by atomic mass is 16.6. The largest absolute Gasteiger partial charge is 0.370 e. The lowest BCUT2D eigenvalue weighted by molar-refractivity contribution is -0.123. The van der Waals surface area contributed by atoms with Crippen molar-refractivity contribution in [3.8, 4) is 0 Å². The highest BCUT2D eigenvalue weighted by Gasteiger charge is 2.37. The Bertz CT molecular complexity index is 217. The lowest BCUT2D eigenvalue weighted by atomic mass is 10.1. The van der Waals surface area contributed by atoms with Crippen molar-refractivity contribution in [2.24, 2.45) is 0 Å². The van der Waals surface area contributed by atoms with E-state index in [1.165, 1.54) is 0 Å². The average molecular weight is 183 g/mol. The van der Waals surface area contributed by atoms with Crippen molar-refractivity contribution < 1.29 is 9.53 Å². The van der Waals surface area contributed by atoms with Gasteiger partial charge in [-0.15, -0.1) is 0 Å². The molecular formula is C10H17NO2. The van der Waals surface area contributed by atoms with Crippen molar-refractivity contribution in [2.45, 2.75) is 25.4 Å². The van der Waals surface area contributed by atoms with Crippen LogP contribution in [0, 0.1) is 0 Å². The summed E-state index contributed by atoms with van der Waals surface area (Å²) in [6, 6.07) is 0. The summed E-state index contributed by atoms with van der Waals surface area (Å²) in [5, 5.41) is 0. The van der Waals surface area contributed by atoms with Gasteiger partial charge in [-0.05, 0) is 25.8 Å². The number of amides is 1. The molecule has 3 heteroatoms. The van der Waals surface area contributed by atoms with Crippen LogP contribution in [0.5, 0.6) is 0 Å². The van der Waals surface area contributed by atoms with Gasteiger partial charge in [-0.1, -0.05) is 6.08 Å². The first kappa shape index (κ1) is 10.3. The molecule has 3 nitrogen and oxygen atoms in total. The zero-order valence-electron chi connectivity index (χ0n) is 8.54. The summed E-state index contributed by atoms with van der Waals surface area (Å²) >= 11 is 0. The maximum absolute atomic E-state index is 11.1. The third-order valence-corrected chi connectivity index (χ3v) is 2.18. The number of epoxide rings is 1. The Labute approximate surface area is 79.4 Å². The fourth-order valence-corrected chi connectivity index (χ4v) is 0.989. The van der Waals surface area contributed by atoms with Gasteiger partial charge in [0.25, 0.3) is 0 Å². The molecule has 0 saturated carbocycles. The fourth-order valence-electron chi connectivity index (χ4n) is 0.989. The molecule has 1 heterocycles. The monoisotopic (exact) mass is 183 g/mol. The summed E-state index contributed by atoms with van der Waals surface area (Å²) in [5.74, 6) is 0.0434. The van der Waals surface area contributed by atoms with Crippen LogP contribution in [0.15, 0.2) is 12.2 Å². The summed E-state index contributed by atoms with van der Waals surface area (Å²) in [4.78, 5) is 12.7. The van der Waals surface area contributed by atoms with E-state index in [1.54, 1.807) is 25.1 Å². The molecule has 1 fully saturated rings. The van der Waals surface area contributed by atoms with Crippen molar-refractivity contribution in [1.29, 1.82) is 0 Å². The van der Waals surface area contributed by atoms with Crippen LogP contribution in [0.4, 0.5) is 0 Å². The Morgan fingerprint density at radius 2 is 2.23 bits per heavy atom. The molecule has 0 N–H and O–H groups in total. The second-order valence-corrected chi connectivity index (χ2v) is 3.91. The van der Waals surface area contributed by atoms with E-state index in [0.717, 1.165) is 19.4 Å². The molecule has 1 aliphatic rings. The van der Waals surface area contributed by atoms with Gasteiger partial charge in [0.2, 0.25) is 5.91 Å². The van der Waals surface area contributed by atoms with Crippen LogP contribution in [0.25, 0.3) is 0 Å². The van der Waals surface area contributed by atoms with Gasteiger partial charge in [0.1, 0.15) is 0 Å². The van der Waals surface area contributed by atoms with E-state index >= 15 is 0 Å². The summed E-state index contributed by atoms with van der Waals surface area (Å²) in [5.41, 5.74) is 0.103. The summed E-state index contributed by atoms with van der Waals surface area (Å²) in [7, 11) is 3.50. The minimum Gasteiger partial charge on any atom is -0.370 e. The number of carbonyl (C=O) groups excluding carboxylic acids is 1. The van der Waals surface area contributed by atoms with E-state index in [4.69, 9.17) is 4.74 Å².